The molecular weight excluding hydrogens is 514 g/mol. The summed E-state index contributed by atoms with van der Waals surface area (Å²) in [6.45, 7) is 3.73. The number of benzene rings is 3. The number of sulfonamides is 1. The van der Waals surface area contributed by atoms with Gasteiger partial charge in [-0.3, -0.25) is 9.10 Å². The monoisotopic (exact) mass is 541 g/mol. The van der Waals surface area contributed by atoms with E-state index in [2.05, 4.69) is 38.3 Å². The van der Waals surface area contributed by atoms with E-state index < -0.39 is 10.0 Å². The largest absolute Gasteiger partial charge is 0.372 e. The van der Waals surface area contributed by atoms with E-state index >= 15 is 0 Å². The number of carbonyl (C=O) groups excluding carboxylic acids is 1. The third-order valence-corrected chi connectivity index (χ3v) is 8.29. The lowest BCUT2D eigenvalue weighted by atomic mass is 10.1. The van der Waals surface area contributed by atoms with Crippen molar-refractivity contribution in [2.45, 2.75) is 30.7 Å². The Morgan fingerprint density at radius 1 is 0.971 bits per heavy atom. The molecule has 1 N–H and O–H groups in total. The lowest BCUT2D eigenvalue weighted by molar-refractivity contribution is -0.120. The number of hydrogen-bond donors (Lipinski definition) is 1. The van der Waals surface area contributed by atoms with Crippen LogP contribution < -0.4 is 14.5 Å². The van der Waals surface area contributed by atoms with E-state index in [-0.39, 0.29) is 23.4 Å². The average molecular weight is 542 g/mol. The average Bonchev–Trinajstić information content (AvgIpc) is 3.39. The minimum absolute atomic E-state index is 0.135. The van der Waals surface area contributed by atoms with Crippen molar-refractivity contribution in [1.82, 2.24) is 5.32 Å². The number of hydrogen-bond acceptors (Lipinski definition) is 4. The van der Waals surface area contributed by atoms with Crippen LogP contribution in [0.3, 0.4) is 0 Å². The quantitative estimate of drug-likeness (QED) is 0.429. The van der Waals surface area contributed by atoms with Crippen LogP contribution >= 0.6 is 15.9 Å². The van der Waals surface area contributed by atoms with Gasteiger partial charge in [0.15, 0.2) is 0 Å². The van der Waals surface area contributed by atoms with Gasteiger partial charge in [-0.1, -0.05) is 46.3 Å². The van der Waals surface area contributed by atoms with Crippen LogP contribution in [0, 0.1) is 0 Å². The maximum atomic E-state index is 13.4. The second-order valence-corrected chi connectivity index (χ2v) is 11.2. The summed E-state index contributed by atoms with van der Waals surface area (Å²) < 4.78 is 28.8. The van der Waals surface area contributed by atoms with Crippen molar-refractivity contribution < 1.29 is 13.2 Å². The van der Waals surface area contributed by atoms with Gasteiger partial charge in [0.1, 0.15) is 6.54 Å². The van der Waals surface area contributed by atoms with E-state index in [0.717, 1.165) is 27.4 Å². The van der Waals surface area contributed by atoms with E-state index in [9.17, 15) is 13.2 Å². The zero-order valence-corrected chi connectivity index (χ0v) is 21.4. The fraction of sp³-hybridized carbons (Fsp3) is 0.269. The van der Waals surface area contributed by atoms with Crippen molar-refractivity contribution >= 4 is 43.2 Å². The molecule has 0 radical (unpaired) electrons. The lowest BCUT2D eigenvalue weighted by Gasteiger charge is -2.25. The first-order valence-corrected chi connectivity index (χ1v) is 13.6. The Labute approximate surface area is 209 Å². The van der Waals surface area contributed by atoms with Crippen LogP contribution in [-0.2, 0) is 14.8 Å². The molecule has 34 heavy (non-hydrogen) atoms. The summed E-state index contributed by atoms with van der Waals surface area (Å²) in [5.41, 5.74) is 2.58. The van der Waals surface area contributed by atoms with Gasteiger partial charge in [-0.25, -0.2) is 8.42 Å². The third kappa shape index (κ3) is 5.62. The van der Waals surface area contributed by atoms with Gasteiger partial charge in [-0.2, -0.15) is 0 Å². The molecule has 0 saturated carbocycles. The molecule has 1 aliphatic rings. The molecule has 3 aromatic carbocycles. The second-order valence-electron chi connectivity index (χ2n) is 8.38. The van der Waals surface area contributed by atoms with Crippen LogP contribution in [0.1, 0.15) is 31.4 Å². The van der Waals surface area contributed by atoms with Crippen LogP contribution in [0.15, 0.2) is 88.2 Å². The van der Waals surface area contributed by atoms with Gasteiger partial charge in [0.25, 0.3) is 10.0 Å². The molecule has 0 aliphatic carbocycles. The number of rotatable bonds is 8. The first-order chi connectivity index (χ1) is 16.3. The summed E-state index contributed by atoms with van der Waals surface area (Å²) in [4.78, 5) is 15.5. The molecule has 178 valence electrons. The maximum absolute atomic E-state index is 13.4. The Kier molecular flexibility index (Phi) is 7.58. The first-order valence-electron chi connectivity index (χ1n) is 11.3. The van der Waals surface area contributed by atoms with Crippen molar-refractivity contribution in [3.8, 4) is 0 Å². The summed E-state index contributed by atoms with van der Waals surface area (Å²) in [6.07, 6.45) is 2.43. The number of halogens is 1. The first kappa shape index (κ1) is 24.3. The smallest absolute Gasteiger partial charge is 0.264 e. The van der Waals surface area contributed by atoms with Crippen LogP contribution in [0.5, 0.6) is 0 Å². The fourth-order valence-electron chi connectivity index (χ4n) is 4.09. The number of nitrogens with zero attached hydrogens (tertiary/aromatic N) is 2. The highest BCUT2D eigenvalue weighted by molar-refractivity contribution is 9.10. The standard InChI is InChI=1S/C26H28BrN3O3S/c1-20(21-9-13-23(14-10-21)29-17-5-6-18-29)28-26(31)19-30(24-15-11-22(27)12-16-24)34(32,33)25-7-3-2-4-8-25/h2-4,7-16,20H,5-6,17-19H2,1H3,(H,28,31). The normalized spacial score (nSPS) is 14.6. The molecule has 1 heterocycles. The fourth-order valence-corrected chi connectivity index (χ4v) is 5.80. The maximum Gasteiger partial charge on any atom is 0.264 e. The summed E-state index contributed by atoms with van der Waals surface area (Å²) in [5.74, 6) is -0.376. The molecule has 8 heteroatoms. The molecule has 0 aromatic heterocycles. The van der Waals surface area contributed by atoms with Crippen molar-refractivity contribution in [3.05, 3.63) is 88.9 Å². The van der Waals surface area contributed by atoms with Crippen molar-refractivity contribution in [1.29, 1.82) is 0 Å². The predicted octanol–water partition coefficient (Wildman–Crippen LogP) is 5.12. The number of amides is 1. The van der Waals surface area contributed by atoms with Crippen molar-refractivity contribution in [2.24, 2.45) is 0 Å². The van der Waals surface area contributed by atoms with E-state index in [4.69, 9.17) is 0 Å². The zero-order chi connectivity index (χ0) is 24.1. The number of nitrogens with one attached hydrogen (secondary N) is 1. The zero-order valence-electron chi connectivity index (χ0n) is 19.0. The molecule has 1 atom stereocenters. The molecule has 3 aromatic rings. The Hall–Kier alpha value is -2.84. The highest BCUT2D eigenvalue weighted by atomic mass is 79.9. The van der Waals surface area contributed by atoms with Gasteiger partial charge >= 0.3 is 0 Å². The summed E-state index contributed by atoms with van der Waals surface area (Å²) >= 11 is 3.38. The summed E-state index contributed by atoms with van der Waals surface area (Å²) in [5, 5.41) is 2.95. The second kappa shape index (κ2) is 10.6. The Bertz CT molecular complexity index is 1210. The van der Waals surface area contributed by atoms with Crippen LogP contribution in [0.25, 0.3) is 0 Å². The molecule has 1 fully saturated rings. The van der Waals surface area contributed by atoms with Gasteiger partial charge in [0, 0.05) is 23.2 Å². The van der Waals surface area contributed by atoms with Crippen LogP contribution in [0.4, 0.5) is 11.4 Å². The van der Waals surface area contributed by atoms with E-state index in [1.54, 1.807) is 42.5 Å². The van der Waals surface area contributed by atoms with Crippen LogP contribution in [0.2, 0.25) is 0 Å². The third-order valence-electron chi connectivity index (χ3n) is 5.97. The molecule has 1 unspecified atom stereocenters. The van der Waals surface area contributed by atoms with Crippen molar-refractivity contribution in [2.75, 3.05) is 28.8 Å². The number of carbonyl (C=O) groups is 1. The van der Waals surface area contributed by atoms with Gasteiger partial charge in [0.2, 0.25) is 5.91 Å². The predicted molar refractivity (Wildman–Crippen MR) is 140 cm³/mol. The van der Waals surface area contributed by atoms with E-state index in [1.165, 1.54) is 30.7 Å². The molecule has 0 bridgehead atoms. The van der Waals surface area contributed by atoms with Crippen LogP contribution in [-0.4, -0.2) is 34.0 Å². The molecule has 1 saturated heterocycles. The Morgan fingerprint density at radius 3 is 2.21 bits per heavy atom. The lowest BCUT2D eigenvalue weighted by Crippen LogP contribution is -2.41. The topological polar surface area (TPSA) is 69.7 Å². The molecule has 1 amide bonds. The van der Waals surface area contributed by atoms with Gasteiger partial charge in [0.05, 0.1) is 16.6 Å². The Balaban J connectivity index is 1.50. The van der Waals surface area contributed by atoms with Gasteiger partial charge < -0.3 is 10.2 Å². The summed E-state index contributed by atoms with van der Waals surface area (Å²) in [7, 11) is -3.93. The highest BCUT2D eigenvalue weighted by Crippen LogP contribution is 2.26. The van der Waals surface area contributed by atoms with Gasteiger partial charge in [-0.05, 0) is 73.9 Å². The summed E-state index contributed by atoms with van der Waals surface area (Å²) in [6, 6.07) is 23.0. The molecule has 4 rings (SSSR count). The number of anilines is 2. The molecule has 1 aliphatic heterocycles. The van der Waals surface area contributed by atoms with E-state index in [1.807, 2.05) is 19.1 Å². The highest BCUT2D eigenvalue weighted by Gasteiger charge is 2.27. The Morgan fingerprint density at radius 2 is 1.59 bits per heavy atom. The van der Waals surface area contributed by atoms with E-state index in [0.29, 0.717) is 5.69 Å². The molecule has 6 nitrogen and oxygen atoms in total. The SMILES string of the molecule is CC(NC(=O)CN(c1ccc(Br)cc1)S(=O)(=O)c1ccccc1)c1ccc(N2CCCC2)cc1. The van der Waals surface area contributed by atoms with Crippen molar-refractivity contribution in [3.63, 3.8) is 0 Å². The molecular formula is C26H28BrN3O3S. The molecule has 0 spiro atoms. The minimum atomic E-state index is -3.93. The minimum Gasteiger partial charge on any atom is -0.372 e. The van der Waals surface area contributed by atoms with Gasteiger partial charge in [-0.15, -0.1) is 0 Å².